The molecule has 4 aromatic rings. The van der Waals surface area contributed by atoms with Crippen LogP contribution in [0.5, 0.6) is 0 Å². The maximum atomic E-state index is 13.1. The van der Waals surface area contributed by atoms with Gasteiger partial charge in [0.1, 0.15) is 13.1 Å². The lowest BCUT2D eigenvalue weighted by Gasteiger charge is -2.20. The molecule has 23 heteroatoms. The number of benzene rings is 4. The molecule has 0 bridgehead atoms. The van der Waals surface area contributed by atoms with Gasteiger partial charge in [0.25, 0.3) is 29.5 Å². The summed E-state index contributed by atoms with van der Waals surface area (Å²) in [6, 6.07) is 26.1. The van der Waals surface area contributed by atoms with E-state index in [0.717, 1.165) is 16.0 Å². The molecule has 2 fully saturated rings. The lowest BCUT2D eigenvalue weighted by atomic mass is 9.94. The first-order valence-electron chi connectivity index (χ1n) is 20.3. The standard InChI is InChI=1S/C22H21N5O6.C15H15N3O6.C7H8N2O.2CH4/c1-23-20(31)24-15-7-8-16-14(11-15)9-10-22(16)19(30)27(21(32)33-22)12-17(28)25-26-18(29)13-5-3-2-4-6-13;1-16-13(22)17-9-2-3-10-8(6-9)4-5-15(10)12(21)18(7-11(19)20)14(23)24-15;8-9-7(10)6-4-2-1-3-5-6;;/h2-8,11H,9-10,12H2,1H3,(H,25,28)(H,26,29)(H2,23,24,31);2-3,6H,4-5,7H2,1H3,(H,19,20)(H2,16,17,22);1-5H,8H2,(H,9,10);2*1H4/t22-;15-;;;/m01.../s1. The van der Waals surface area contributed by atoms with E-state index in [1.807, 2.05) is 11.5 Å². The fraction of sp³-hybridized carbons (Fsp3) is 0.261. The highest BCUT2D eigenvalue weighted by Gasteiger charge is 2.59. The van der Waals surface area contributed by atoms with Crippen LogP contribution in [0.1, 0.15) is 70.7 Å². The van der Waals surface area contributed by atoms with Crippen LogP contribution < -0.4 is 43.4 Å². The molecular formula is C46H52N10O13. The molecule has 4 aromatic carbocycles. The summed E-state index contributed by atoms with van der Waals surface area (Å²) in [6.45, 7) is -1.34. The quantitative estimate of drug-likeness (QED) is 0.0696. The summed E-state index contributed by atoms with van der Waals surface area (Å²) in [6.07, 6.45) is -0.512. The number of fused-ring (bicyclic) bond motifs is 4. The third-order valence-corrected chi connectivity index (χ3v) is 10.8. The topological polar surface area (TPSA) is 326 Å². The van der Waals surface area contributed by atoms with Crippen LogP contribution in [0.4, 0.5) is 30.6 Å². The number of nitrogens with one attached hydrogen (secondary N) is 7. The van der Waals surface area contributed by atoms with Crippen molar-refractivity contribution in [3.05, 3.63) is 130 Å². The second kappa shape index (κ2) is 22.6. The fourth-order valence-electron chi connectivity index (χ4n) is 7.63. The maximum Gasteiger partial charge on any atom is 0.418 e. The summed E-state index contributed by atoms with van der Waals surface area (Å²) in [4.78, 5) is 120. The third-order valence-electron chi connectivity index (χ3n) is 10.8. The lowest BCUT2D eigenvalue weighted by molar-refractivity contribution is -0.144. The number of carbonyl (C=O) groups is 10. The minimum Gasteiger partial charge on any atom is -0.480 e. The molecule has 0 aromatic heterocycles. The van der Waals surface area contributed by atoms with Crippen molar-refractivity contribution in [1.29, 1.82) is 0 Å². The summed E-state index contributed by atoms with van der Waals surface area (Å²) in [7, 11) is 2.98. The van der Waals surface area contributed by atoms with Crippen LogP contribution in [-0.4, -0.2) is 102 Å². The largest absolute Gasteiger partial charge is 0.480 e. The summed E-state index contributed by atoms with van der Waals surface area (Å²) in [5.41, 5.74) is 8.05. The van der Waals surface area contributed by atoms with Crippen molar-refractivity contribution in [2.75, 3.05) is 37.8 Å². The minimum atomic E-state index is -1.51. The Kier molecular flexibility index (Phi) is 17.2. The summed E-state index contributed by atoms with van der Waals surface area (Å²) in [5, 5.41) is 19.0. The number of aliphatic carboxylic acids is 1. The predicted octanol–water partition coefficient (Wildman–Crippen LogP) is 3.22. The zero-order chi connectivity index (χ0) is 48.5. The molecule has 2 atom stereocenters. The van der Waals surface area contributed by atoms with Crippen LogP contribution in [-0.2, 0) is 52.7 Å². The smallest absolute Gasteiger partial charge is 0.418 e. The number of hydrogen-bond acceptors (Lipinski definition) is 13. The third kappa shape index (κ3) is 11.4. The van der Waals surface area contributed by atoms with Gasteiger partial charge < -0.3 is 35.8 Å². The van der Waals surface area contributed by atoms with E-state index in [4.69, 9.17) is 20.4 Å². The van der Waals surface area contributed by atoms with Crippen LogP contribution in [0, 0.1) is 0 Å². The van der Waals surface area contributed by atoms with Gasteiger partial charge in [0, 0.05) is 60.6 Å². The molecule has 23 nitrogen and oxygen atoms in total. The number of anilines is 2. The van der Waals surface area contributed by atoms with Crippen LogP contribution in [0.15, 0.2) is 97.1 Å². The Morgan fingerprint density at radius 3 is 1.43 bits per heavy atom. The molecule has 2 aliphatic carbocycles. The Morgan fingerprint density at radius 2 is 1.03 bits per heavy atom. The van der Waals surface area contributed by atoms with E-state index in [9.17, 15) is 47.9 Å². The summed E-state index contributed by atoms with van der Waals surface area (Å²) >= 11 is 0. The van der Waals surface area contributed by atoms with Gasteiger partial charge in [0.15, 0.2) is 0 Å². The highest BCUT2D eigenvalue weighted by Crippen LogP contribution is 2.47. The van der Waals surface area contributed by atoms with Crippen molar-refractivity contribution < 1.29 is 62.5 Å². The Labute approximate surface area is 395 Å². The highest BCUT2D eigenvalue weighted by atomic mass is 16.6. The number of carboxylic acids is 1. The van der Waals surface area contributed by atoms with Crippen molar-refractivity contribution in [2.24, 2.45) is 5.84 Å². The average Bonchev–Trinajstić information content (AvgIpc) is 4.02. The number of nitrogens with zero attached hydrogens (tertiary/aromatic N) is 2. The van der Waals surface area contributed by atoms with E-state index in [1.165, 1.54) is 14.1 Å². The van der Waals surface area contributed by atoms with E-state index >= 15 is 0 Å². The molecule has 10 N–H and O–H groups in total. The van der Waals surface area contributed by atoms with Gasteiger partial charge in [-0.05, 0) is 72.5 Å². The van der Waals surface area contributed by atoms with Crippen LogP contribution in [0.3, 0.4) is 0 Å². The van der Waals surface area contributed by atoms with Crippen molar-refractivity contribution in [3.8, 4) is 0 Å². The number of carbonyl (C=O) groups excluding carboxylic acids is 9. The number of amides is 11. The first kappa shape index (κ1) is 52.8. The molecule has 0 unspecified atom stereocenters. The number of nitrogens with two attached hydrogens (primary N) is 1. The number of ether oxygens (including phenoxy) is 2. The molecule has 0 radical (unpaired) electrons. The Hall–Kier alpha value is -8.86. The van der Waals surface area contributed by atoms with E-state index in [-0.39, 0.29) is 45.7 Å². The molecule has 11 amide bonds. The minimum absolute atomic E-state index is 0. The number of rotatable bonds is 8. The molecule has 8 rings (SSSR count). The van der Waals surface area contributed by atoms with Crippen LogP contribution in [0.25, 0.3) is 0 Å². The number of nitrogen functional groups attached to an aromatic ring is 1. The van der Waals surface area contributed by atoms with Crippen molar-refractivity contribution in [2.45, 2.75) is 51.7 Å². The Morgan fingerprint density at radius 1 is 0.609 bits per heavy atom. The first-order valence-corrected chi connectivity index (χ1v) is 20.3. The van der Waals surface area contributed by atoms with E-state index in [0.29, 0.717) is 51.4 Å². The number of hydrogen-bond donors (Lipinski definition) is 9. The van der Waals surface area contributed by atoms with Crippen molar-refractivity contribution >= 4 is 71.1 Å². The van der Waals surface area contributed by atoms with Gasteiger partial charge in [0.2, 0.25) is 11.2 Å². The van der Waals surface area contributed by atoms with Gasteiger partial charge in [-0.2, -0.15) is 0 Å². The molecule has 364 valence electrons. The maximum absolute atomic E-state index is 13.1. The Balaban J connectivity index is 0.000000252. The molecule has 0 saturated carbocycles. The number of imide groups is 2. The normalized spacial score (nSPS) is 17.7. The van der Waals surface area contributed by atoms with E-state index in [2.05, 4.69) is 32.1 Å². The second-order valence-corrected chi connectivity index (χ2v) is 14.9. The Bertz CT molecular complexity index is 2650. The van der Waals surface area contributed by atoms with Crippen LogP contribution >= 0.6 is 0 Å². The summed E-state index contributed by atoms with van der Waals surface area (Å²) in [5.74, 6) is 0.734. The second-order valence-electron chi connectivity index (χ2n) is 14.9. The molecule has 2 saturated heterocycles. The highest BCUT2D eigenvalue weighted by molar-refractivity contribution is 6.07. The molecular weight excluding hydrogens is 901 g/mol. The SMILES string of the molecule is C.C.CNC(=O)Nc1ccc2c(c1)CC[C@@]21OC(=O)N(CC(=O)O)C1=O.CNC(=O)Nc1ccc2c(c1)CC[C@]21OC(=O)N(CC(=O)NNC(=O)c2ccccc2)C1=O.NNC(=O)c1ccccc1. The van der Waals surface area contributed by atoms with E-state index < -0.39 is 66.1 Å². The molecule has 2 spiro atoms. The number of aryl methyl sites for hydroxylation is 2. The predicted molar refractivity (Wildman–Crippen MR) is 247 cm³/mol. The number of urea groups is 2. The van der Waals surface area contributed by atoms with Gasteiger partial charge in [-0.15, -0.1) is 0 Å². The first-order chi connectivity index (χ1) is 32.0. The molecule has 2 heterocycles. The van der Waals surface area contributed by atoms with E-state index in [1.54, 1.807) is 91.0 Å². The lowest BCUT2D eigenvalue weighted by Crippen LogP contribution is -2.48. The van der Waals surface area contributed by atoms with Crippen LogP contribution in [0.2, 0.25) is 0 Å². The van der Waals surface area contributed by atoms with Crippen molar-refractivity contribution in [1.82, 2.24) is 36.7 Å². The van der Waals surface area contributed by atoms with Crippen molar-refractivity contribution in [3.63, 3.8) is 0 Å². The molecule has 69 heavy (non-hydrogen) atoms. The van der Waals surface area contributed by atoms with Gasteiger partial charge in [-0.1, -0.05) is 63.4 Å². The fourth-order valence-corrected chi connectivity index (χ4v) is 7.63. The zero-order valence-electron chi connectivity index (χ0n) is 35.8. The number of carboxylic acid groups (broad SMARTS) is 1. The molecule has 2 aliphatic heterocycles. The van der Waals surface area contributed by atoms with Gasteiger partial charge in [0.05, 0.1) is 0 Å². The van der Waals surface area contributed by atoms with Gasteiger partial charge in [-0.25, -0.2) is 34.8 Å². The van der Waals surface area contributed by atoms with Gasteiger partial charge >= 0.3 is 30.2 Å². The number of hydrazine groups is 2. The summed E-state index contributed by atoms with van der Waals surface area (Å²) < 4.78 is 10.7. The average molecular weight is 953 g/mol. The monoisotopic (exact) mass is 952 g/mol. The van der Waals surface area contributed by atoms with Gasteiger partial charge in [-0.3, -0.25) is 45.0 Å². The molecule has 4 aliphatic rings. The zero-order valence-corrected chi connectivity index (χ0v) is 35.8.